The first-order chi connectivity index (χ1) is 6.40. The van der Waals surface area contributed by atoms with Crippen LogP contribution in [0.1, 0.15) is 5.69 Å². The van der Waals surface area contributed by atoms with E-state index < -0.39 is 0 Å². The fourth-order valence-electron chi connectivity index (χ4n) is 1.11. The number of carbonyl (C=O) groups excluding carboxylic acids is 1. The molecule has 1 amide bonds. The maximum Gasteiger partial charge on any atom is 0.207 e. The van der Waals surface area contributed by atoms with Crippen molar-refractivity contribution in [3.05, 3.63) is 30.2 Å². The van der Waals surface area contributed by atoms with E-state index in [2.05, 4.69) is 15.4 Å². The van der Waals surface area contributed by atoms with Crippen molar-refractivity contribution in [2.75, 3.05) is 0 Å². The van der Waals surface area contributed by atoms with E-state index in [1.165, 1.54) is 0 Å². The molecule has 0 atom stereocenters. The smallest absolute Gasteiger partial charge is 0.207 e. The fourth-order valence-corrected chi connectivity index (χ4v) is 1.11. The first-order valence-corrected chi connectivity index (χ1v) is 3.86. The number of rotatable bonds is 3. The molecule has 0 aliphatic heterocycles. The van der Waals surface area contributed by atoms with E-state index in [0.29, 0.717) is 13.0 Å². The van der Waals surface area contributed by atoms with E-state index in [9.17, 15) is 4.79 Å². The second kappa shape index (κ2) is 3.22. The molecule has 0 unspecified atom stereocenters. The van der Waals surface area contributed by atoms with Crippen molar-refractivity contribution in [3.8, 4) is 0 Å². The highest BCUT2D eigenvalue weighted by atomic mass is 16.1. The lowest BCUT2D eigenvalue weighted by Gasteiger charge is -1.89. The summed E-state index contributed by atoms with van der Waals surface area (Å²) in [5.74, 6) is 0. The molecular formula is C8H8N4O. The monoisotopic (exact) mass is 176 g/mol. The standard InChI is InChI=1S/C8H8N4O/c13-6-9-4-7-5-12-8(11-7)2-1-3-10-12/h1-3,5-6H,4H2,(H,9,13). The van der Waals surface area contributed by atoms with Crippen molar-refractivity contribution in [2.45, 2.75) is 6.54 Å². The number of nitrogens with one attached hydrogen (secondary N) is 1. The van der Waals surface area contributed by atoms with Crippen LogP contribution in [0.5, 0.6) is 0 Å². The molecule has 13 heavy (non-hydrogen) atoms. The number of amides is 1. The maximum atomic E-state index is 10.0. The molecule has 0 aliphatic carbocycles. The molecule has 0 bridgehead atoms. The fraction of sp³-hybridized carbons (Fsp3) is 0.125. The molecule has 0 fully saturated rings. The molecule has 0 aromatic carbocycles. The van der Waals surface area contributed by atoms with E-state index in [-0.39, 0.29) is 0 Å². The minimum Gasteiger partial charge on any atom is -0.353 e. The normalized spacial score (nSPS) is 10.2. The van der Waals surface area contributed by atoms with Crippen molar-refractivity contribution in [1.29, 1.82) is 0 Å². The summed E-state index contributed by atoms with van der Waals surface area (Å²) >= 11 is 0. The molecule has 0 spiro atoms. The summed E-state index contributed by atoms with van der Waals surface area (Å²) in [6.07, 6.45) is 4.12. The number of imidazole rings is 1. The molecule has 0 saturated heterocycles. The van der Waals surface area contributed by atoms with Crippen LogP contribution in [0.3, 0.4) is 0 Å². The molecule has 0 radical (unpaired) electrons. The Morgan fingerprint density at radius 3 is 3.31 bits per heavy atom. The summed E-state index contributed by atoms with van der Waals surface area (Å²) in [5, 5.41) is 6.59. The van der Waals surface area contributed by atoms with Gasteiger partial charge in [0.25, 0.3) is 0 Å². The van der Waals surface area contributed by atoms with E-state index in [0.717, 1.165) is 11.3 Å². The third-order valence-corrected chi connectivity index (χ3v) is 1.65. The van der Waals surface area contributed by atoms with Gasteiger partial charge in [-0.1, -0.05) is 0 Å². The highest BCUT2D eigenvalue weighted by Gasteiger charge is 1.99. The highest BCUT2D eigenvalue weighted by molar-refractivity contribution is 5.46. The zero-order valence-electron chi connectivity index (χ0n) is 6.84. The lowest BCUT2D eigenvalue weighted by Crippen LogP contribution is -2.09. The maximum absolute atomic E-state index is 10.0. The van der Waals surface area contributed by atoms with Gasteiger partial charge in [-0.15, -0.1) is 0 Å². The molecule has 0 aliphatic rings. The molecule has 66 valence electrons. The Kier molecular flexibility index (Phi) is 1.91. The second-order valence-corrected chi connectivity index (χ2v) is 2.56. The molecule has 2 rings (SSSR count). The van der Waals surface area contributed by atoms with E-state index in [4.69, 9.17) is 0 Å². The van der Waals surface area contributed by atoms with Crippen molar-refractivity contribution in [1.82, 2.24) is 19.9 Å². The SMILES string of the molecule is O=CNCc1cn2ncccc2n1. The first-order valence-electron chi connectivity index (χ1n) is 3.86. The summed E-state index contributed by atoms with van der Waals surface area (Å²) in [5.41, 5.74) is 1.58. The largest absolute Gasteiger partial charge is 0.353 e. The van der Waals surface area contributed by atoms with Crippen LogP contribution in [0.25, 0.3) is 5.65 Å². The predicted molar refractivity (Wildman–Crippen MR) is 45.9 cm³/mol. The Labute approximate surface area is 74.4 Å². The summed E-state index contributed by atoms with van der Waals surface area (Å²) in [6.45, 7) is 0.437. The van der Waals surface area contributed by atoms with Gasteiger partial charge in [0, 0.05) is 6.20 Å². The van der Waals surface area contributed by atoms with E-state index in [1.807, 2.05) is 12.1 Å². The summed E-state index contributed by atoms with van der Waals surface area (Å²) in [4.78, 5) is 14.3. The molecule has 2 aromatic rings. The van der Waals surface area contributed by atoms with Gasteiger partial charge >= 0.3 is 0 Å². The molecular weight excluding hydrogens is 168 g/mol. The van der Waals surface area contributed by atoms with Crippen LogP contribution in [0.15, 0.2) is 24.5 Å². The van der Waals surface area contributed by atoms with E-state index in [1.54, 1.807) is 16.9 Å². The summed E-state index contributed by atoms with van der Waals surface area (Å²) in [6, 6.07) is 3.68. The number of hydrogen-bond donors (Lipinski definition) is 1. The minimum absolute atomic E-state index is 0.437. The van der Waals surface area contributed by atoms with Crippen molar-refractivity contribution < 1.29 is 4.79 Å². The zero-order valence-corrected chi connectivity index (χ0v) is 6.84. The minimum atomic E-state index is 0.437. The van der Waals surface area contributed by atoms with Crippen molar-refractivity contribution in [3.63, 3.8) is 0 Å². The second-order valence-electron chi connectivity index (χ2n) is 2.56. The Morgan fingerprint density at radius 1 is 1.62 bits per heavy atom. The summed E-state index contributed by atoms with van der Waals surface area (Å²) in [7, 11) is 0. The molecule has 2 heterocycles. The van der Waals surface area contributed by atoms with Crippen LogP contribution in [-0.4, -0.2) is 21.0 Å². The average molecular weight is 176 g/mol. The lowest BCUT2D eigenvalue weighted by molar-refractivity contribution is -0.109. The Morgan fingerprint density at radius 2 is 2.54 bits per heavy atom. The first kappa shape index (κ1) is 7.72. The molecule has 1 N–H and O–H groups in total. The van der Waals surface area contributed by atoms with Gasteiger partial charge in [0.2, 0.25) is 6.41 Å². The zero-order chi connectivity index (χ0) is 9.10. The third kappa shape index (κ3) is 1.48. The van der Waals surface area contributed by atoms with Gasteiger partial charge in [0.1, 0.15) is 0 Å². The molecule has 2 aromatic heterocycles. The van der Waals surface area contributed by atoms with Gasteiger partial charge in [-0.05, 0) is 12.1 Å². The Balaban J connectivity index is 2.32. The third-order valence-electron chi connectivity index (χ3n) is 1.65. The topological polar surface area (TPSA) is 59.3 Å². The van der Waals surface area contributed by atoms with Crippen LogP contribution in [0.2, 0.25) is 0 Å². The number of aromatic nitrogens is 3. The summed E-state index contributed by atoms with van der Waals surface area (Å²) < 4.78 is 1.67. The Bertz CT molecular complexity index is 390. The van der Waals surface area contributed by atoms with Gasteiger partial charge in [-0.25, -0.2) is 9.50 Å². The van der Waals surface area contributed by atoms with Crippen molar-refractivity contribution in [2.24, 2.45) is 0 Å². The molecule has 5 heteroatoms. The van der Waals surface area contributed by atoms with Crippen LogP contribution >= 0.6 is 0 Å². The van der Waals surface area contributed by atoms with Crippen LogP contribution in [0, 0.1) is 0 Å². The average Bonchev–Trinajstić information content (AvgIpc) is 2.57. The van der Waals surface area contributed by atoms with Crippen molar-refractivity contribution >= 4 is 12.1 Å². The molecule has 0 saturated carbocycles. The number of nitrogens with zero attached hydrogens (tertiary/aromatic N) is 3. The van der Waals surface area contributed by atoms with E-state index >= 15 is 0 Å². The van der Waals surface area contributed by atoms with Gasteiger partial charge in [0.15, 0.2) is 5.65 Å². The van der Waals surface area contributed by atoms with Crippen LogP contribution < -0.4 is 5.32 Å². The predicted octanol–water partition coefficient (Wildman–Crippen LogP) is -0.0247. The van der Waals surface area contributed by atoms with Gasteiger partial charge < -0.3 is 5.32 Å². The Hall–Kier alpha value is -1.91. The van der Waals surface area contributed by atoms with Crippen LogP contribution in [0.4, 0.5) is 0 Å². The number of fused-ring (bicyclic) bond motifs is 1. The highest BCUT2D eigenvalue weighted by Crippen LogP contribution is 2.01. The number of carbonyl (C=O) groups is 1. The van der Waals surface area contributed by atoms with Gasteiger partial charge in [0.05, 0.1) is 18.4 Å². The van der Waals surface area contributed by atoms with Gasteiger partial charge in [-0.2, -0.15) is 5.10 Å². The lowest BCUT2D eigenvalue weighted by atomic mass is 10.5. The quantitative estimate of drug-likeness (QED) is 0.668. The number of hydrogen-bond acceptors (Lipinski definition) is 3. The van der Waals surface area contributed by atoms with Gasteiger partial charge in [-0.3, -0.25) is 4.79 Å². The molecule has 5 nitrogen and oxygen atoms in total. The van der Waals surface area contributed by atoms with Crippen LogP contribution in [-0.2, 0) is 11.3 Å².